The van der Waals surface area contributed by atoms with Crippen molar-refractivity contribution < 1.29 is 32.9 Å². The van der Waals surface area contributed by atoms with Crippen LogP contribution in [0.25, 0.3) is 0 Å². The van der Waals surface area contributed by atoms with Crippen molar-refractivity contribution >= 4 is 13.7 Å². The average Bonchev–Trinajstić information content (AvgIpc) is 3.71. The van der Waals surface area contributed by atoms with Crippen LogP contribution in [0.4, 0.5) is 0 Å². The molecule has 0 fully saturated rings. The van der Waals surface area contributed by atoms with E-state index in [0.29, 0.717) is 17.4 Å². The lowest BCUT2D eigenvalue weighted by Gasteiger charge is -2.25. The number of phosphoric ester groups is 1. The lowest BCUT2D eigenvalue weighted by Crippen LogP contribution is -2.45. The largest absolute Gasteiger partial charge is 0.472 e. The molecule has 0 heterocycles. The molecular formula is C78H150N2O6P+. The van der Waals surface area contributed by atoms with E-state index in [2.05, 4.69) is 67.8 Å². The summed E-state index contributed by atoms with van der Waals surface area (Å²) in [5.41, 5.74) is 0. The molecule has 3 N–H and O–H groups in total. The molecule has 0 bridgehead atoms. The number of aliphatic hydroxyl groups excluding tert-OH is 1. The number of nitrogens with zero attached hydrogens (tertiary/aromatic N) is 1. The molecule has 0 aliphatic carbocycles. The third kappa shape index (κ3) is 71.5. The van der Waals surface area contributed by atoms with E-state index < -0.39 is 20.0 Å². The SMILES string of the molecule is CC/C=C\C/C=C\C/C=C\C/C=C\CCCCCCCCCCCCCCCCCCCCCCC(=O)NC(COP(=O)(O)OCC[N+](C)(C)C)C(O)/C=C/CCCCCCCCCCCCCCCCCCCCCCCCCCCCCCCC. The summed E-state index contributed by atoms with van der Waals surface area (Å²) in [4.78, 5) is 23.5. The number of rotatable bonds is 71. The summed E-state index contributed by atoms with van der Waals surface area (Å²) in [5, 5.41) is 14.1. The number of carbonyl (C=O) groups excluding carboxylic acids is 1. The summed E-state index contributed by atoms with van der Waals surface area (Å²) in [5.74, 6) is -0.170. The van der Waals surface area contributed by atoms with Crippen molar-refractivity contribution in [3.05, 3.63) is 60.8 Å². The van der Waals surface area contributed by atoms with Gasteiger partial charge in [-0.2, -0.15) is 0 Å². The minimum absolute atomic E-state index is 0.0625. The van der Waals surface area contributed by atoms with Gasteiger partial charge >= 0.3 is 7.82 Å². The van der Waals surface area contributed by atoms with Crippen LogP contribution in [0.5, 0.6) is 0 Å². The van der Waals surface area contributed by atoms with Gasteiger partial charge in [-0.15, -0.1) is 0 Å². The number of allylic oxidation sites excluding steroid dienone is 9. The first-order valence-electron chi connectivity index (χ1n) is 38.2. The monoisotopic (exact) mass is 1240 g/mol. The number of unbranched alkanes of at least 4 members (excludes halogenated alkanes) is 50. The quantitative estimate of drug-likeness (QED) is 0.0243. The zero-order chi connectivity index (χ0) is 63.4. The first kappa shape index (κ1) is 85.2. The number of carbonyl (C=O) groups is 1. The Morgan fingerprint density at radius 2 is 0.690 bits per heavy atom. The first-order valence-corrected chi connectivity index (χ1v) is 39.7. The summed E-state index contributed by atoms with van der Waals surface area (Å²) in [6.45, 7) is 4.76. The van der Waals surface area contributed by atoms with Crippen LogP contribution in [-0.2, 0) is 18.4 Å². The second-order valence-electron chi connectivity index (χ2n) is 27.4. The van der Waals surface area contributed by atoms with Crippen molar-refractivity contribution in [3.63, 3.8) is 0 Å². The van der Waals surface area contributed by atoms with E-state index in [4.69, 9.17) is 9.05 Å². The maximum atomic E-state index is 13.1. The third-order valence-electron chi connectivity index (χ3n) is 17.5. The maximum Gasteiger partial charge on any atom is 0.472 e. The lowest BCUT2D eigenvalue weighted by molar-refractivity contribution is -0.870. The molecule has 0 aromatic carbocycles. The highest BCUT2D eigenvalue weighted by Crippen LogP contribution is 2.43. The van der Waals surface area contributed by atoms with Gasteiger partial charge in [0.2, 0.25) is 5.91 Å². The number of nitrogens with one attached hydrogen (secondary N) is 1. The number of likely N-dealkylation sites (N-methyl/N-ethyl adjacent to an activating group) is 1. The van der Waals surface area contributed by atoms with E-state index in [-0.39, 0.29) is 19.1 Å². The Bertz CT molecular complexity index is 1600. The predicted octanol–water partition coefficient (Wildman–Crippen LogP) is 24.7. The summed E-state index contributed by atoms with van der Waals surface area (Å²) >= 11 is 0. The molecule has 8 nitrogen and oxygen atoms in total. The van der Waals surface area contributed by atoms with Gasteiger partial charge in [-0.25, -0.2) is 4.57 Å². The van der Waals surface area contributed by atoms with Gasteiger partial charge in [0.15, 0.2) is 0 Å². The van der Waals surface area contributed by atoms with Gasteiger partial charge in [0.1, 0.15) is 13.2 Å². The summed E-state index contributed by atoms with van der Waals surface area (Å²) in [7, 11) is 1.59. The minimum atomic E-state index is -4.36. The fourth-order valence-corrected chi connectivity index (χ4v) is 12.4. The fourth-order valence-electron chi connectivity index (χ4n) is 11.6. The number of hydrogen-bond donors (Lipinski definition) is 3. The van der Waals surface area contributed by atoms with Crippen molar-refractivity contribution in [2.45, 2.75) is 392 Å². The second kappa shape index (κ2) is 68.6. The molecule has 0 aromatic heterocycles. The molecule has 87 heavy (non-hydrogen) atoms. The molecule has 1 amide bonds. The molecule has 0 rings (SSSR count). The molecule has 0 aromatic rings. The van der Waals surface area contributed by atoms with Gasteiger partial charge in [-0.1, -0.05) is 376 Å². The lowest BCUT2D eigenvalue weighted by atomic mass is 10.0. The molecule has 0 aliphatic rings. The Morgan fingerprint density at radius 3 is 1.01 bits per heavy atom. The topological polar surface area (TPSA) is 105 Å². The van der Waals surface area contributed by atoms with Crippen molar-refractivity contribution in [2.24, 2.45) is 0 Å². The van der Waals surface area contributed by atoms with Gasteiger partial charge in [0, 0.05) is 6.42 Å². The third-order valence-corrected chi connectivity index (χ3v) is 18.5. The molecule has 0 radical (unpaired) electrons. The van der Waals surface area contributed by atoms with Crippen LogP contribution in [0.1, 0.15) is 380 Å². The Hall–Kier alpha value is -1.80. The van der Waals surface area contributed by atoms with Crippen LogP contribution in [0.3, 0.4) is 0 Å². The molecule has 3 atom stereocenters. The summed E-state index contributed by atoms with van der Waals surface area (Å²) < 4.78 is 23.9. The smallest absolute Gasteiger partial charge is 0.387 e. The van der Waals surface area contributed by atoms with Crippen molar-refractivity contribution in [1.82, 2.24) is 5.32 Å². The van der Waals surface area contributed by atoms with E-state index in [1.54, 1.807) is 6.08 Å². The van der Waals surface area contributed by atoms with Gasteiger partial charge in [0.05, 0.1) is 39.9 Å². The standard InChI is InChI=1S/C78H149N2O6P/c1-6-8-10-12-14-16-18-20-22-24-26-28-30-32-34-36-38-40-42-44-46-48-50-52-54-56-58-60-62-64-66-68-70-72-78(82)79-76(75-86-87(83,84)85-74-73-80(3,4)5)77(81)71-69-67-65-63-61-59-57-55-53-51-49-47-45-43-41-39-37-35-33-31-29-27-25-23-21-19-17-15-13-11-9-7-2/h8,10,14,16,20,22,26,28,69,71,76-77,81H,6-7,9,11-13,15,17-19,21,23-25,27,29-68,70,72-75H2,1-5H3,(H-,79,82,83,84)/p+1/b10-8-,16-14-,22-20-,28-26-,71-69+. The summed E-state index contributed by atoms with van der Waals surface area (Å²) in [6.07, 6.45) is 95.4. The van der Waals surface area contributed by atoms with Gasteiger partial charge in [-0.05, 0) is 57.8 Å². The fraction of sp³-hybridized carbons (Fsp3) is 0.859. The second-order valence-corrected chi connectivity index (χ2v) is 28.8. The molecule has 0 saturated heterocycles. The normalized spacial score (nSPS) is 13.9. The molecular weight excluding hydrogens is 1090 g/mol. The molecule has 0 spiro atoms. The molecule has 0 aliphatic heterocycles. The zero-order valence-corrected chi connectivity index (χ0v) is 59.7. The summed E-state index contributed by atoms with van der Waals surface area (Å²) in [6, 6.07) is -0.849. The molecule has 512 valence electrons. The Labute approximate surface area is 542 Å². The molecule has 3 unspecified atom stereocenters. The van der Waals surface area contributed by atoms with Crippen LogP contribution < -0.4 is 5.32 Å². The van der Waals surface area contributed by atoms with Gasteiger partial charge in [0.25, 0.3) is 0 Å². The van der Waals surface area contributed by atoms with Crippen molar-refractivity contribution in [1.29, 1.82) is 0 Å². The van der Waals surface area contributed by atoms with Crippen LogP contribution in [0, 0.1) is 0 Å². The predicted molar refractivity (Wildman–Crippen MR) is 383 cm³/mol. The Morgan fingerprint density at radius 1 is 0.402 bits per heavy atom. The number of aliphatic hydroxyl groups is 1. The van der Waals surface area contributed by atoms with E-state index in [1.165, 1.54) is 295 Å². The highest BCUT2D eigenvalue weighted by atomic mass is 31.2. The highest BCUT2D eigenvalue weighted by Gasteiger charge is 2.28. The van der Waals surface area contributed by atoms with Crippen molar-refractivity contribution in [3.8, 4) is 0 Å². The Balaban J connectivity index is 3.99. The van der Waals surface area contributed by atoms with E-state index in [9.17, 15) is 19.4 Å². The minimum Gasteiger partial charge on any atom is -0.387 e. The van der Waals surface area contributed by atoms with E-state index in [0.717, 1.165) is 64.2 Å². The molecule has 0 saturated carbocycles. The number of amides is 1. The van der Waals surface area contributed by atoms with E-state index in [1.807, 2.05) is 27.2 Å². The van der Waals surface area contributed by atoms with Crippen LogP contribution >= 0.6 is 7.82 Å². The highest BCUT2D eigenvalue weighted by molar-refractivity contribution is 7.47. The van der Waals surface area contributed by atoms with Crippen LogP contribution in [0.2, 0.25) is 0 Å². The van der Waals surface area contributed by atoms with Crippen molar-refractivity contribution in [2.75, 3.05) is 40.9 Å². The van der Waals surface area contributed by atoms with Crippen LogP contribution in [-0.4, -0.2) is 73.4 Å². The maximum absolute atomic E-state index is 13.1. The van der Waals surface area contributed by atoms with E-state index >= 15 is 0 Å². The first-order chi connectivity index (χ1) is 42.5. The average molecular weight is 1240 g/mol. The Kier molecular flexibility index (Phi) is 67.1. The zero-order valence-electron chi connectivity index (χ0n) is 58.8. The van der Waals surface area contributed by atoms with Crippen LogP contribution in [0.15, 0.2) is 60.8 Å². The number of hydrogen-bond acceptors (Lipinski definition) is 5. The van der Waals surface area contributed by atoms with Gasteiger partial charge in [-0.3, -0.25) is 13.8 Å². The van der Waals surface area contributed by atoms with Gasteiger partial charge < -0.3 is 19.8 Å². The number of phosphoric acid groups is 1. The molecule has 9 heteroatoms. The number of quaternary nitrogens is 1.